The molecule has 0 radical (unpaired) electrons. The number of hydrogen-bond donors (Lipinski definition) is 2. The second-order valence-electron chi connectivity index (χ2n) is 3.19. The third-order valence-electron chi connectivity index (χ3n) is 1.98. The minimum atomic E-state index is -0.0492. The van der Waals surface area contributed by atoms with Crippen molar-refractivity contribution in [2.45, 2.75) is 19.9 Å². The Morgan fingerprint density at radius 2 is 2.57 bits per heavy atom. The van der Waals surface area contributed by atoms with Crippen LogP contribution >= 0.6 is 0 Å². The maximum Gasteiger partial charge on any atom is 0.223 e. The van der Waals surface area contributed by atoms with Crippen LogP contribution in [0.3, 0.4) is 0 Å². The van der Waals surface area contributed by atoms with Crippen molar-refractivity contribution in [3.8, 4) is 0 Å². The van der Waals surface area contributed by atoms with E-state index < -0.39 is 0 Å². The summed E-state index contributed by atoms with van der Waals surface area (Å²) in [6.07, 6.45) is 2.18. The molecule has 1 aromatic rings. The molecule has 3 N–H and O–H groups in total. The number of rotatable bonds is 5. The van der Waals surface area contributed by atoms with E-state index in [9.17, 15) is 4.79 Å². The average molecular weight is 197 g/mol. The molecule has 5 heteroatoms. The number of carbonyl (C=O) groups excluding carboxylic acids is 1. The number of carbonyl (C=O) groups is 1. The summed E-state index contributed by atoms with van der Waals surface area (Å²) in [7, 11) is 0. The van der Waals surface area contributed by atoms with Gasteiger partial charge < -0.3 is 15.6 Å². The van der Waals surface area contributed by atoms with Crippen LogP contribution in [0.25, 0.3) is 0 Å². The molecule has 1 heterocycles. The highest BCUT2D eigenvalue weighted by Crippen LogP contribution is 2.00. The molecule has 0 aliphatic carbocycles. The maximum absolute atomic E-state index is 11.4. The quantitative estimate of drug-likeness (QED) is 0.710. The Kier molecular flexibility index (Phi) is 4.12. The van der Waals surface area contributed by atoms with Crippen molar-refractivity contribution in [1.82, 2.24) is 10.5 Å². The van der Waals surface area contributed by atoms with E-state index in [1.54, 1.807) is 6.07 Å². The van der Waals surface area contributed by atoms with Crippen LogP contribution in [0.1, 0.15) is 19.0 Å². The molecule has 0 saturated carbocycles. The van der Waals surface area contributed by atoms with Gasteiger partial charge in [-0.05, 0) is 13.0 Å². The minimum absolute atomic E-state index is 0.00144. The molecule has 78 valence electrons. The molecule has 1 amide bonds. The summed E-state index contributed by atoms with van der Waals surface area (Å²) in [5.74, 6) is -0.0506. The molecule has 0 aliphatic rings. The fourth-order valence-electron chi connectivity index (χ4n) is 1.06. The Hall–Kier alpha value is -1.36. The minimum Gasteiger partial charge on any atom is -0.364 e. The monoisotopic (exact) mass is 197 g/mol. The number of hydrogen-bond acceptors (Lipinski definition) is 4. The first-order valence-electron chi connectivity index (χ1n) is 4.61. The standard InChI is InChI=1S/C9H15N3O2/c1-7(2-4-10)9(13)11-6-8-3-5-14-12-8/h3,5,7H,2,4,6,10H2,1H3,(H,11,13). The number of nitrogens with two attached hydrogens (primary N) is 1. The van der Waals surface area contributed by atoms with Crippen molar-refractivity contribution in [2.24, 2.45) is 11.7 Å². The second-order valence-corrected chi connectivity index (χ2v) is 3.19. The number of amides is 1. The number of nitrogens with zero attached hydrogens (tertiary/aromatic N) is 1. The van der Waals surface area contributed by atoms with E-state index in [-0.39, 0.29) is 11.8 Å². The molecule has 14 heavy (non-hydrogen) atoms. The molecule has 5 nitrogen and oxygen atoms in total. The molecule has 0 saturated heterocycles. The second kappa shape index (κ2) is 5.39. The zero-order chi connectivity index (χ0) is 10.4. The maximum atomic E-state index is 11.4. The van der Waals surface area contributed by atoms with E-state index in [1.807, 2.05) is 6.92 Å². The van der Waals surface area contributed by atoms with Gasteiger partial charge in [-0.15, -0.1) is 0 Å². The Labute approximate surface area is 82.6 Å². The Morgan fingerprint density at radius 1 is 1.79 bits per heavy atom. The number of nitrogens with one attached hydrogen (secondary N) is 1. The molecule has 0 aromatic carbocycles. The molecule has 1 atom stereocenters. The van der Waals surface area contributed by atoms with Gasteiger partial charge in [0.25, 0.3) is 0 Å². The van der Waals surface area contributed by atoms with Crippen LogP contribution in [0.15, 0.2) is 16.9 Å². The van der Waals surface area contributed by atoms with E-state index in [4.69, 9.17) is 5.73 Å². The zero-order valence-corrected chi connectivity index (χ0v) is 8.19. The van der Waals surface area contributed by atoms with Gasteiger partial charge in [0.2, 0.25) is 5.91 Å². The Balaban J connectivity index is 2.27. The normalized spacial score (nSPS) is 12.4. The smallest absolute Gasteiger partial charge is 0.223 e. The summed E-state index contributed by atoms with van der Waals surface area (Å²) < 4.78 is 4.63. The molecule has 0 spiro atoms. The van der Waals surface area contributed by atoms with Crippen molar-refractivity contribution in [3.63, 3.8) is 0 Å². The van der Waals surface area contributed by atoms with Crippen LogP contribution < -0.4 is 11.1 Å². The van der Waals surface area contributed by atoms with Gasteiger partial charge in [0.15, 0.2) is 0 Å². The Morgan fingerprint density at radius 3 is 3.14 bits per heavy atom. The largest absolute Gasteiger partial charge is 0.364 e. The van der Waals surface area contributed by atoms with Gasteiger partial charge in [-0.1, -0.05) is 12.1 Å². The van der Waals surface area contributed by atoms with Crippen molar-refractivity contribution < 1.29 is 9.32 Å². The van der Waals surface area contributed by atoms with E-state index in [0.29, 0.717) is 19.5 Å². The van der Waals surface area contributed by atoms with Crippen molar-refractivity contribution in [2.75, 3.05) is 6.54 Å². The third kappa shape index (κ3) is 3.18. The molecule has 0 aliphatic heterocycles. The Bertz CT molecular complexity index is 272. The fourth-order valence-corrected chi connectivity index (χ4v) is 1.06. The van der Waals surface area contributed by atoms with Crippen LogP contribution in [0.5, 0.6) is 0 Å². The zero-order valence-electron chi connectivity index (χ0n) is 8.19. The summed E-state index contributed by atoms with van der Waals surface area (Å²) >= 11 is 0. The van der Waals surface area contributed by atoms with E-state index in [1.165, 1.54) is 6.26 Å². The van der Waals surface area contributed by atoms with E-state index in [2.05, 4.69) is 15.0 Å². The van der Waals surface area contributed by atoms with Crippen LogP contribution in [0.2, 0.25) is 0 Å². The highest BCUT2D eigenvalue weighted by molar-refractivity contribution is 5.78. The molecule has 0 fully saturated rings. The van der Waals surface area contributed by atoms with Crippen LogP contribution in [0.4, 0.5) is 0 Å². The average Bonchev–Trinajstić information content (AvgIpc) is 2.67. The van der Waals surface area contributed by atoms with Gasteiger partial charge in [0, 0.05) is 12.0 Å². The summed E-state index contributed by atoms with van der Waals surface area (Å²) in [5.41, 5.74) is 6.07. The molecule has 0 bridgehead atoms. The van der Waals surface area contributed by atoms with E-state index >= 15 is 0 Å². The molecule has 1 rings (SSSR count). The lowest BCUT2D eigenvalue weighted by Crippen LogP contribution is -2.30. The number of aromatic nitrogens is 1. The SMILES string of the molecule is CC(CCN)C(=O)NCc1ccon1. The highest BCUT2D eigenvalue weighted by atomic mass is 16.5. The van der Waals surface area contributed by atoms with Gasteiger partial charge in [-0.2, -0.15) is 0 Å². The summed E-state index contributed by atoms with van der Waals surface area (Å²) in [6.45, 7) is 2.79. The fraction of sp³-hybridized carbons (Fsp3) is 0.556. The summed E-state index contributed by atoms with van der Waals surface area (Å²) in [6, 6.07) is 1.72. The highest BCUT2D eigenvalue weighted by Gasteiger charge is 2.11. The predicted octanol–water partition coefficient (Wildman–Crippen LogP) is 0.276. The lowest BCUT2D eigenvalue weighted by molar-refractivity contribution is -0.124. The first kappa shape index (κ1) is 10.7. The predicted molar refractivity (Wildman–Crippen MR) is 51.2 cm³/mol. The first-order chi connectivity index (χ1) is 6.74. The van der Waals surface area contributed by atoms with Crippen molar-refractivity contribution in [3.05, 3.63) is 18.0 Å². The third-order valence-corrected chi connectivity index (χ3v) is 1.98. The van der Waals surface area contributed by atoms with Gasteiger partial charge in [0.1, 0.15) is 12.0 Å². The van der Waals surface area contributed by atoms with Gasteiger partial charge in [-0.3, -0.25) is 4.79 Å². The van der Waals surface area contributed by atoms with Gasteiger partial charge >= 0.3 is 0 Å². The van der Waals surface area contributed by atoms with Crippen molar-refractivity contribution >= 4 is 5.91 Å². The van der Waals surface area contributed by atoms with Crippen molar-refractivity contribution in [1.29, 1.82) is 0 Å². The molecule has 1 unspecified atom stereocenters. The first-order valence-corrected chi connectivity index (χ1v) is 4.61. The lowest BCUT2D eigenvalue weighted by Gasteiger charge is -2.09. The molecule has 1 aromatic heterocycles. The van der Waals surface area contributed by atoms with Crippen LogP contribution in [-0.2, 0) is 11.3 Å². The molecular weight excluding hydrogens is 182 g/mol. The lowest BCUT2D eigenvalue weighted by atomic mass is 10.1. The summed E-state index contributed by atoms with van der Waals surface area (Å²) in [5, 5.41) is 6.43. The van der Waals surface area contributed by atoms with Crippen LogP contribution in [0, 0.1) is 5.92 Å². The summed E-state index contributed by atoms with van der Waals surface area (Å²) in [4.78, 5) is 11.4. The van der Waals surface area contributed by atoms with Gasteiger partial charge in [0.05, 0.1) is 6.54 Å². The van der Waals surface area contributed by atoms with Gasteiger partial charge in [-0.25, -0.2) is 0 Å². The van der Waals surface area contributed by atoms with Crippen LogP contribution in [-0.4, -0.2) is 17.6 Å². The molecular formula is C9H15N3O2. The topological polar surface area (TPSA) is 81.2 Å². The van der Waals surface area contributed by atoms with E-state index in [0.717, 1.165) is 5.69 Å².